The SMILES string of the molecule is Cc1cc(/C=N\NC(=O)Cc2ccc(C(C)(C)C)cc2)c(C)n1-c1cc(Cl)ccc1Cl. The van der Waals surface area contributed by atoms with Gasteiger partial charge in [-0.25, -0.2) is 5.43 Å². The van der Waals surface area contributed by atoms with Gasteiger partial charge in [0.15, 0.2) is 0 Å². The van der Waals surface area contributed by atoms with E-state index in [1.54, 1.807) is 18.3 Å². The number of aromatic nitrogens is 1. The fraction of sp³-hybridized carbons (Fsp3) is 0.280. The van der Waals surface area contributed by atoms with Crippen molar-refractivity contribution >= 4 is 35.3 Å². The van der Waals surface area contributed by atoms with Crippen molar-refractivity contribution in [3.63, 3.8) is 0 Å². The zero-order chi connectivity index (χ0) is 22.8. The molecule has 0 bridgehead atoms. The first-order chi connectivity index (χ1) is 14.6. The molecule has 31 heavy (non-hydrogen) atoms. The number of aryl methyl sites for hydroxylation is 1. The average Bonchev–Trinajstić information content (AvgIpc) is 2.97. The molecule has 2 aromatic carbocycles. The summed E-state index contributed by atoms with van der Waals surface area (Å²) < 4.78 is 2.02. The van der Waals surface area contributed by atoms with Crippen LogP contribution in [-0.2, 0) is 16.6 Å². The largest absolute Gasteiger partial charge is 0.316 e. The molecule has 6 heteroatoms. The second kappa shape index (κ2) is 9.29. The number of benzene rings is 2. The van der Waals surface area contributed by atoms with Gasteiger partial charge in [-0.2, -0.15) is 5.10 Å². The van der Waals surface area contributed by atoms with Crippen molar-refractivity contribution in [3.8, 4) is 5.69 Å². The normalized spacial score (nSPS) is 11.8. The van der Waals surface area contributed by atoms with E-state index in [0.29, 0.717) is 10.0 Å². The second-order valence-corrected chi connectivity index (χ2v) is 9.52. The smallest absolute Gasteiger partial charge is 0.244 e. The summed E-state index contributed by atoms with van der Waals surface area (Å²) in [6.45, 7) is 10.5. The monoisotopic (exact) mass is 455 g/mol. The molecule has 0 radical (unpaired) electrons. The molecule has 0 unspecified atom stereocenters. The van der Waals surface area contributed by atoms with Crippen molar-refractivity contribution in [3.05, 3.63) is 86.7 Å². The quantitative estimate of drug-likeness (QED) is 0.351. The number of nitrogens with one attached hydrogen (secondary N) is 1. The molecule has 0 aliphatic carbocycles. The third-order valence-electron chi connectivity index (χ3n) is 5.20. The van der Waals surface area contributed by atoms with Crippen LogP contribution in [0.15, 0.2) is 53.6 Å². The summed E-state index contributed by atoms with van der Waals surface area (Å²) >= 11 is 12.5. The molecule has 1 amide bonds. The third kappa shape index (κ3) is 5.57. The predicted molar refractivity (Wildman–Crippen MR) is 130 cm³/mol. The van der Waals surface area contributed by atoms with Crippen LogP contribution in [0.2, 0.25) is 10.0 Å². The molecule has 0 saturated heterocycles. The van der Waals surface area contributed by atoms with Gasteiger partial charge in [0.2, 0.25) is 5.91 Å². The highest BCUT2D eigenvalue weighted by molar-refractivity contribution is 6.34. The van der Waals surface area contributed by atoms with Crippen LogP contribution < -0.4 is 5.43 Å². The first kappa shape index (κ1) is 23.1. The summed E-state index contributed by atoms with van der Waals surface area (Å²) in [6.07, 6.45) is 1.93. The van der Waals surface area contributed by atoms with Gasteiger partial charge in [0.25, 0.3) is 0 Å². The number of carbonyl (C=O) groups excluding carboxylic acids is 1. The molecule has 4 nitrogen and oxygen atoms in total. The number of amides is 1. The van der Waals surface area contributed by atoms with Crippen LogP contribution in [0.1, 0.15) is 48.8 Å². The Hall–Kier alpha value is -2.56. The van der Waals surface area contributed by atoms with Crippen molar-refractivity contribution < 1.29 is 4.79 Å². The summed E-state index contributed by atoms with van der Waals surface area (Å²) in [7, 11) is 0. The van der Waals surface area contributed by atoms with Crippen molar-refractivity contribution in [2.24, 2.45) is 5.10 Å². The highest BCUT2D eigenvalue weighted by atomic mass is 35.5. The fourth-order valence-corrected chi connectivity index (χ4v) is 3.84. The maximum absolute atomic E-state index is 12.3. The Balaban J connectivity index is 1.69. The van der Waals surface area contributed by atoms with Gasteiger partial charge in [-0.15, -0.1) is 0 Å². The lowest BCUT2D eigenvalue weighted by atomic mass is 9.86. The van der Waals surface area contributed by atoms with Crippen molar-refractivity contribution in [1.29, 1.82) is 0 Å². The highest BCUT2D eigenvalue weighted by Gasteiger charge is 2.14. The molecule has 0 fully saturated rings. The lowest BCUT2D eigenvalue weighted by molar-refractivity contribution is -0.120. The molecular formula is C25H27Cl2N3O. The topological polar surface area (TPSA) is 46.4 Å². The van der Waals surface area contributed by atoms with Crippen molar-refractivity contribution in [2.75, 3.05) is 0 Å². The summed E-state index contributed by atoms with van der Waals surface area (Å²) in [6, 6.07) is 15.5. The van der Waals surface area contributed by atoms with E-state index in [-0.39, 0.29) is 17.7 Å². The molecule has 0 aliphatic rings. The van der Waals surface area contributed by atoms with Gasteiger partial charge < -0.3 is 4.57 Å². The molecule has 1 aromatic heterocycles. The number of rotatable bonds is 5. The first-order valence-electron chi connectivity index (χ1n) is 10.1. The number of hydrazone groups is 1. The Morgan fingerprint density at radius 1 is 1.06 bits per heavy atom. The number of hydrogen-bond acceptors (Lipinski definition) is 2. The van der Waals surface area contributed by atoms with Crippen LogP contribution in [0.5, 0.6) is 0 Å². The van der Waals surface area contributed by atoms with Gasteiger partial charge in [0.1, 0.15) is 0 Å². The molecule has 0 aliphatic heterocycles. The van der Waals surface area contributed by atoms with Gasteiger partial charge in [0.05, 0.1) is 23.3 Å². The lowest BCUT2D eigenvalue weighted by Crippen LogP contribution is -2.20. The minimum Gasteiger partial charge on any atom is -0.316 e. The lowest BCUT2D eigenvalue weighted by Gasteiger charge is -2.19. The molecular weight excluding hydrogens is 429 g/mol. The van der Waals surface area contributed by atoms with Crippen LogP contribution in [0.4, 0.5) is 0 Å². The van der Waals surface area contributed by atoms with Crippen molar-refractivity contribution in [2.45, 2.75) is 46.5 Å². The van der Waals surface area contributed by atoms with E-state index in [9.17, 15) is 4.79 Å². The van der Waals surface area contributed by atoms with E-state index in [4.69, 9.17) is 23.2 Å². The minimum atomic E-state index is -0.161. The Labute approximate surface area is 193 Å². The molecule has 1 heterocycles. The van der Waals surface area contributed by atoms with Crippen LogP contribution in [0.25, 0.3) is 5.69 Å². The van der Waals surface area contributed by atoms with Crippen LogP contribution >= 0.6 is 23.2 Å². The number of hydrogen-bond donors (Lipinski definition) is 1. The zero-order valence-corrected chi connectivity index (χ0v) is 20.0. The van der Waals surface area contributed by atoms with E-state index in [2.05, 4.69) is 43.4 Å². The zero-order valence-electron chi connectivity index (χ0n) is 18.5. The Bertz CT molecular complexity index is 1120. The Morgan fingerprint density at radius 3 is 2.39 bits per heavy atom. The van der Waals surface area contributed by atoms with Crippen LogP contribution in [0.3, 0.4) is 0 Å². The van der Waals surface area contributed by atoms with Crippen molar-refractivity contribution in [1.82, 2.24) is 9.99 Å². The van der Waals surface area contributed by atoms with Gasteiger partial charge >= 0.3 is 0 Å². The highest BCUT2D eigenvalue weighted by Crippen LogP contribution is 2.28. The predicted octanol–water partition coefficient (Wildman–Crippen LogP) is 6.39. The van der Waals surface area contributed by atoms with Gasteiger partial charge in [-0.3, -0.25) is 4.79 Å². The van der Waals surface area contributed by atoms with Gasteiger partial charge in [-0.05, 0) is 54.7 Å². The van der Waals surface area contributed by atoms with E-state index in [1.807, 2.05) is 42.7 Å². The second-order valence-electron chi connectivity index (χ2n) is 8.67. The maximum atomic E-state index is 12.3. The first-order valence-corrected chi connectivity index (χ1v) is 10.9. The molecule has 162 valence electrons. The molecule has 0 atom stereocenters. The Morgan fingerprint density at radius 2 is 1.74 bits per heavy atom. The van der Waals surface area contributed by atoms with Gasteiger partial charge in [0, 0.05) is 22.0 Å². The summed E-state index contributed by atoms with van der Waals surface area (Å²) in [5.41, 5.74) is 8.55. The summed E-state index contributed by atoms with van der Waals surface area (Å²) in [5, 5.41) is 5.37. The summed E-state index contributed by atoms with van der Waals surface area (Å²) in [4.78, 5) is 12.3. The fourth-order valence-electron chi connectivity index (χ4n) is 3.47. The van der Waals surface area contributed by atoms with Gasteiger partial charge in [-0.1, -0.05) is 68.2 Å². The molecule has 0 saturated carbocycles. The average molecular weight is 456 g/mol. The molecule has 0 spiro atoms. The molecule has 3 aromatic rings. The van der Waals surface area contributed by atoms with E-state index >= 15 is 0 Å². The molecule has 3 rings (SSSR count). The standard InChI is InChI=1S/C25H27Cl2N3O/c1-16-12-19(17(2)30(16)23-14-21(26)10-11-22(23)27)15-28-29-24(31)13-18-6-8-20(9-7-18)25(3,4)5/h6-12,14-15H,13H2,1-5H3,(H,29,31)/b28-15-. The number of nitrogens with zero attached hydrogens (tertiary/aromatic N) is 2. The van der Waals surface area contributed by atoms with E-state index in [0.717, 1.165) is 28.2 Å². The van der Waals surface area contributed by atoms with E-state index in [1.165, 1.54) is 5.56 Å². The number of halogens is 2. The third-order valence-corrected chi connectivity index (χ3v) is 5.75. The van der Waals surface area contributed by atoms with E-state index < -0.39 is 0 Å². The van der Waals surface area contributed by atoms with Crippen LogP contribution in [-0.4, -0.2) is 16.7 Å². The van der Waals surface area contributed by atoms with Crippen LogP contribution in [0, 0.1) is 13.8 Å². The minimum absolute atomic E-state index is 0.0901. The Kier molecular flexibility index (Phi) is 6.93. The maximum Gasteiger partial charge on any atom is 0.244 e. The summed E-state index contributed by atoms with van der Waals surface area (Å²) in [5.74, 6) is -0.161. The molecule has 1 N–H and O–H groups in total. The number of carbonyl (C=O) groups is 1.